The first-order valence-corrected chi connectivity index (χ1v) is 3.94. The Morgan fingerprint density at radius 1 is 1.09 bits per heavy atom. The van der Waals surface area contributed by atoms with E-state index >= 15 is 0 Å². The lowest BCUT2D eigenvalue weighted by Crippen LogP contribution is -1.94. The molecule has 0 aliphatic heterocycles. The van der Waals surface area contributed by atoms with E-state index in [1.165, 1.54) is 12.2 Å². The summed E-state index contributed by atoms with van der Waals surface area (Å²) in [6.45, 7) is 3.71. The van der Waals surface area contributed by atoms with E-state index in [4.69, 9.17) is 0 Å². The SMILES string of the molecule is CCCC(=O)/C=C\C(=O)CC. The fraction of sp³-hybridized carbons (Fsp3) is 0.556. The van der Waals surface area contributed by atoms with Crippen LogP contribution in [0.1, 0.15) is 33.1 Å². The monoisotopic (exact) mass is 154 g/mol. The molecule has 0 aromatic rings. The van der Waals surface area contributed by atoms with Crippen LogP contribution < -0.4 is 0 Å². The van der Waals surface area contributed by atoms with Crippen LogP contribution in [0, 0.1) is 0 Å². The molecule has 0 unspecified atom stereocenters. The van der Waals surface area contributed by atoms with Gasteiger partial charge in [-0.1, -0.05) is 13.8 Å². The molecule has 11 heavy (non-hydrogen) atoms. The Labute approximate surface area is 67.3 Å². The normalized spacial score (nSPS) is 10.4. The maximum absolute atomic E-state index is 10.8. The van der Waals surface area contributed by atoms with Crippen LogP contribution in [0.4, 0.5) is 0 Å². The van der Waals surface area contributed by atoms with Gasteiger partial charge in [-0.25, -0.2) is 0 Å². The van der Waals surface area contributed by atoms with Crippen molar-refractivity contribution in [3.63, 3.8) is 0 Å². The van der Waals surface area contributed by atoms with Crippen LogP contribution in [-0.4, -0.2) is 11.6 Å². The number of rotatable bonds is 5. The first-order chi connectivity index (χ1) is 5.20. The smallest absolute Gasteiger partial charge is 0.155 e. The summed E-state index contributed by atoms with van der Waals surface area (Å²) in [6, 6.07) is 0. The van der Waals surface area contributed by atoms with Gasteiger partial charge in [0.15, 0.2) is 11.6 Å². The highest BCUT2D eigenvalue weighted by Crippen LogP contribution is 1.91. The third-order valence-electron chi connectivity index (χ3n) is 1.30. The van der Waals surface area contributed by atoms with Crippen LogP contribution in [-0.2, 0) is 9.59 Å². The number of carbonyl (C=O) groups excluding carboxylic acids is 2. The third-order valence-corrected chi connectivity index (χ3v) is 1.30. The molecule has 0 radical (unpaired) electrons. The Morgan fingerprint density at radius 2 is 1.64 bits per heavy atom. The van der Waals surface area contributed by atoms with Crippen LogP contribution in [0.3, 0.4) is 0 Å². The van der Waals surface area contributed by atoms with Gasteiger partial charge in [-0.3, -0.25) is 9.59 Å². The van der Waals surface area contributed by atoms with Crippen LogP contribution in [0.5, 0.6) is 0 Å². The van der Waals surface area contributed by atoms with Gasteiger partial charge in [0.2, 0.25) is 0 Å². The molecule has 0 aromatic carbocycles. The van der Waals surface area contributed by atoms with Gasteiger partial charge in [0.25, 0.3) is 0 Å². The molecular weight excluding hydrogens is 140 g/mol. The summed E-state index contributed by atoms with van der Waals surface area (Å²) in [7, 11) is 0. The highest BCUT2D eigenvalue weighted by Gasteiger charge is 1.94. The Morgan fingerprint density at radius 3 is 2.09 bits per heavy atom. The molecule has 0 spiro atoms. The van der Waals surface area contributed by atoms with Crippen molar-refractivity contribution in [2.45, 2.75) is 33.1 Å². The Balaban J connectivity index is 3.73. The zero-order chi connectivity index (χ0) is 8.69. The molecule has 0 saturated carbocycles. The molecule has 62 valence electrons. The van der Waals surface area contributed by atoms with Crippen LogP contribution >= 0.6 is 0 Å². The zero-order valence-corrected chi connectivity index (χ0v) is 7.09. The van der Waals surface area contributed by atoms with Crippen molar-refractivity contribution in [3.05, 3.63) is 12.2 Å². The second-order valence-electron chi connectivity index (χ2n) is 2.37. The number of hydrogen-bond donors (Lipinski definition) is 0. The average Bonchev–Trinajstić information content (AvgIpc) is 2.01. The number of carbonyl (C=O) groups is 2. The van der Waals surface area contributed by atoms with E-state index in [0.29, 0.717) is 12.8 Å². The van der Waals surface area contributed by atoms with Crippen molar-refractivity contribution >= 4 is 11.6 Å². The van der Waals surface area contributed by atoms with Gasteiger partial charge in [0, 0.05) is 12.8 Å². The lowest BCUT2D eigenvalue weighted by Gasteiger charge is -1.87. The second kappa shape index (κ2) is 5.83. The van der Waals surface area contributed by atoms with Crippen molar-refractivity contribution in [2.24, 2.45) is 0 Å². The van der Waals surface area contributed by atoms with Crippen molar-refractivity contribution in [1.29, 1.82) is 0 Å². The largest absolute Gasteiger partial charge is 0.295 e. The molecule has 0 aliphatic rings. The third kappa shape index (κ3) is 5.52. The number of hydrogen-bond acceptors (Lipinski definition) is 2. The molecule has 0 amide bonds. The molecule has 0 aliphatic carbocycles. The van der Waals surface area contributed by atoms with Gasteiger partial charge in [-0.15, -0.1) is 0 Å². The fourth-order valence-corrected chi connectivity index (χ4v) is 0.633. The standard InChI is InChI=1S/C9H14O2/c1-3-5-9(11)7-6-8(10)4-2/h6-7H,3-5H2,1-2H3/b7-6-. The summed E-state index contributed by atoms with van der Waals surface area (Å²) >= 11 is 0. The summed E-state index contributed by atoms with van der Waals surface area (Å²) in [6.07, 6.45) is 4.57. The first-order valence-electron chi connectivity index (χ1n) is 3.94. The summed E-state index contributed by atoms with van der Waals surface area (Å²) in [5, 5.41) is 0. The van der Waals surface area contributed by atoms with E-state index in [1.54, 1.807) is 6.92 Å². The zero-order valence-electron chi connectivity index (χ0n) is 7.09. The first kappa shape index (κ1) is 10.1. The fourth-order valence-electron chi connectivity index (χ4n) is 0.633. The molecule has 0 heterocycles. The number of allylic oxidation sites excluding steroid dienone is 2. The Bertz CT molecular complexity index is 168. The predicted octanol–water partition coefficient (Wildman–Crippen LogP) is 1.89. The Hall–Kier alpha value is -0.920. The molecule has 0 aromatic heterocycles. The van der Waals surface area contributed by atoms with Crippen molar-refractivity contribution in [1.82, 2.24) is 0 Å². The van der Waals surface area contributed by atoms with E-state index < -0.39 is 0 Å². The van der Waals surface area contributed by atoms with E-state index in [9.17, 15) is 9.59 Å². The van der Waals surface area contributed by atoms with Crippen LogP contribution in [0.2, 0.25) is 0 Å². The molecule has 0 rings (SSSR count). The summed E-state index contributed by atoms with van der Waals surface area (Å²) in [5.74, 6) is 0.0451. The van der Waals surface area contributed by atoms with Crippen molar-refractivity contribution in [3.8, 4) is 0 Å². The molecule has 0 N–H and O–H groups in total. The minimum atomic E-state index is 0.00875. The molecule has 2 heteroatoms. The highest BCUT2D eigenvalue weighted by molar-refractivity contribution is 5.98. The van der Waals surface area contributed by atoms with E-state index in [-0.39, 0.29) is 11.6 Å². The van der Waals surface area contributed by atoms with E-state index in [1.807, 2.05) is 6.92 Å². The van der Waals surface area contributed by atoms with Gasteiger partial charge >= 0.3 is 0 Å². The summed E-state index contributed by atoms with van der Waals surface area (Å²) in [4.78, 5) is 21.5. The molecule has 0 atom stereocenters. The molecule has 0 bridgehead atoms. The van der Waals surface area contributed by atoms with E-state index in [0.717, 1.165) is 6.42 Å². The van der Waals surface area contributed by atoms with Gasteiger partial charge in [-0.05, 0) is 18.6 Å². The van der Waals surface area contributed by atoms with Crippen molar-refractivity contribution in [2.75, 3.05) is 0 Å². The molecular formula is C9H14O2. The molecule has 2 nitrogen and oxygen atoms in total. The van der Waals surface area contributed by atoms with Gasteiger partial charge in [0.1, 0.15) is 0 Å². The molecule has 0 saturated heterocycles. The van der Waals surface area contributed by atoms with Crippen LogP contribution in [0.25, 0.3) is 0 Å². The topological polar surface area (TPSA) is 34.1 Å². The summed E-state index contributed by atoms with van der Waals surface area (Å²) < 4.78 is 0. The van der Waals surface area contributed by atoms with E-state index in [2.05, 4.69) is 0 Å². The predicted molar refractivity (Wildman–Crippen MR) is 44.4 cm³/mol. The van der Waals surface area contributed by atoms with Crippen molar-refractivity contribution < 1.29 is 9.59 Å². The second-order valence-corrected chi connectivity index (χ2v) is 2.37. The lowest BCUT2D eigenvalue weighted by atomic mass is 10.2. The van der Waals surface area contributed by atoms with Gasteiger partial charge in [0.05, 0.1) is 0 Å². The number of ketones is 2. The highest BCUT2D eigenvalue weighted by atomic mass is 16.1. The maximum Gasteiger partial charge on any atom is 0.155 e. The van der Waals surface area contributed by atoms with Gasteiger partial charge in [-0.2, -0.15) is 0 Å². The Kier molecular flexibility index (Phi) is 5.35. The average molecular weight is 154 g/mol. The molecule has 0 fully saturated rings. The summed E-state index contributed by atoms with van der Waals surface area (Å²) in [5.41, 5.74) is 0. The maximum atomic E-state index is 10.8. The van der Waals surface area contributed by atoms with Gasteiger partial charge < -0.3 is 0 Å². The quantitative estimate of drug-likeness (QED) is 0.567. The minimum absolute atomic E-state index is 0.00875. The minimum Gasteiger partial charge on any atom is -0.295 e. The van der Waals surface area contributed by atoms with Crippen LogP contribution in [0.15, 0.2) is 12.2 Å². The lowest BCUT2D eigenvalue weighted by molar-refractivity contribution is -0.116.